The quantitative estimate of drug-likeness (QED) is 0.482. The molecule has 0 saturated carbocycles. The highest BCUT2D eigenvalue weighted by Crippen LogP contribution is 2.29. The van der Waals surface area contributed by atoms with Crippen molar-refractivity contribution in [2.24, 2.45) is 5.10 Å². The van der Waals surface area contributed by atoms with Crippen LogP contribution >= 0.6 is 0 Å². The Bertz CT molecular complexity index is 942. The molecular weight excluding hydrogens is 390 g/mol. The second-order valence-corrected chi connectivity index (χ2v) is 6.15. The van der Waals surface area contributed by atoms with Crippen LogP contribution in [0.25, 0.3) is 0 Å². The van der Waals surface area contributed by atoms with E-state index < -0.39 is 5.91 Å². The summed E-state index contributed by atoms with van der Waals surface area (Å²) in [5, 5.41) is 6.73. The van der Waals surface area contributed by atoms with E-state index in [1.807, 2.05) is 0 Å². The van der Waals surface area contributed by atoms with Crippen LogP contribution in [0.3, 0.4) is 0 Å². The Hall–Kier alpha value is -3.75. The molecule has 0 fully saturated rings. The normalized spacial score (nSPS) is 10.8. The molecule has 160 valence electrons. The molecule has 2 amide bonds. The third kappa shape index (κ3) is 5.87. The number of amides is 2. The minimum atomic E-state index is -0.437. The molecule has 30 heavy (non-hydrogen) atoms. The molecule has 0 aromatic heterocycles. The summed E-state index contributed by atoms with van der Waals surface area (Å²) in [6, 6.07) is 9.81. The van der Waals surface area contributed by atoms with Crippen LogP contribution in [0.5, 0.6) is 23.0 Å². The summed E-state index contributed by atoms with van der Waals surface area (Å²) < 4.78 is 20.7. The fourth-order valence-corrected chi connectivity index (χ4v) is 2.56. The largest absolute Gasteiger partial charge is 0.497 e. The highest BCUT2D eigenvalue weighted by atomic mass is 16.5. The van der Waals surface area contributed by atoms with Crippen molar-refractivity contribution in [3.8, 4) is 23.0 Å². The van der Waals surface area contributed by atoms with Gasteiger partial charge in [0.05, 0.1) is 40.5 Å². The number of hydrogen-bond acceptors (Lipinski definition) is 7. The van der Waals surface area contributed by atoms with Gasteiger partial charge in [-0.1, -0.05) is 0 Å². The van der Waals surface area contributed by atoms with Crippen LogP contribution in [-0.2, 0) is 4.79 Å². The molecule has 2 N–H and O–H groups in total. The number of nitrogens with one attached hydrogen (secondary N) is 2. The van der Waals surface area contributed by atoms with E-state index in [1.165, 1.54) is 21.3 Å². The summed E-state index contributed by atoms with van der Waals surface area (Å²) >= 11 is 0. The molecular formula is C21H25N3O6. The predicted octanol–water partition coefficient (Wildman–Crippen LogP) is 2.86. The van der Waals surface area contributed by atoms with Gasteiger partial charge < -0.3 is 24.3 Å². The van der Waals surface area contributed by atoms with Gasteiger partial charge in [0.15, 0.2) is 11.5 Å². The molecule has 0 radical (unpaired) electrons. The molecule has 0 bridgehead atoms. The summed E-state index contributed by atoms with van der Waals surface area (Å²) in [7, 11) is 6.04. The summed E-state index contributed by atoms with van der Waals surface area (Å²) in [6.45, 7) is 1.64. The average Bonchev–Trinajstić information content (AvgIpc) is 2.76. The van der Waals surface area contributed by atoms with Crippen molar-refractivity contribution in [3.63, 3.8) is 0 Å². The van der Waals surface area contributed by atoms with Gasteiger partial charge in [0.2, 0.25) is 5.91 Å². The maximum atomic E-state index is 12.3. The van der Waals surface area contributed by atoms with E-state index in [0.717, 1.165) is 0 Å². The number of benzene rings is 2. The highest BCUT2D eigenvalue weighted by Gasteiger charge is 2.12. The van der Waals surface area contributed by atoms with E-state index in [9.17, 15) is 9.59 Å². The molecule has 0 aliphatic heterocycles. The van der Waals surface area contributed by atoms with Gasteiger partial charge in [-0.2, -0.15) is 5.10 Å². The summed E-state index contributed by atoms with van der Waals surface area (Å²) in [5.74, 6) is 1.28. The number of methoxy groups -OCH3 is 4. The monoisotopic (exact) mass is 415 g/mol. The zero-order chi connectivity index (χ0) is 22.1. The number of nitrogens with zero attached hydrogens (tertiary/aromatic N) is 1. The van der Waals surface area contributed by atoms with Gasteiger partial charge in [-0.05, 0) is 37.3 Å². The fraction of sp³-hybridized carbons (Fsp3) is 0.286. The van der Waals surface area contributed by atoms with E-state index in [0.29, 0.717) is 40.0 Å². The van der Waals surface area contributed by atoms with Crippen LogP contribution in [0, 0.1) is 0 Å². The van der Waals surface area contributed by atoms with Crippen LogP contribution in [0.15, 0.2) is 41.5 Å². The fourth-order valence-electron chi connectivity index (χ4n) is 2.56. The Morgan fingerprint density at radius 3 is 2.20 bits per heavy atom. The SMILES string of the molecule is COc1ccc(NC(=O)C/C(C)=N/NC(=O)c2ccc(OC)c(OC)c2)c(OC)c1. The van der Waals surface area contributed by atoms with Gasteiger partial charge in [-0.25, -0.2) is 5.43 Å². The number of ether oxygens (including phenoxy) is 4. The van der Waals surface area contributed by atoms with Crippen molar-refractivity contribution >= 4 is 23.2 Å². The second-order valence-electron chi connectivity index (χ2n) is 6.15. The maximum absolute atomic E-state index is 12.3. The zero-order valence-corrected chi connectivity index (χ0v) is 17.6. The number of anilines is 1. The minimum absolute atomic E-state index is 0.0125. The Kier molecular flexibility index (Phi) is 8.04. The number of hydrazone groups is 1. The predicted molar refractivity (Wildman–Crippen MR) is 113 cm³/mol. The second kappa shape index (κ2) is 10.7. The number of hydrogen-bond donors (Lipinski definition) is 2. The molecule has 0 aliphatic rings. The Balaban J connectivity index is 1.98. The third-order valence-corrected chi connectivity index (χ3v) is 4.09. The van der Waals surface area contributed by atoms with E-state index in [2.05, 4.69) is 15.8 Å². The molecule has 0 unspecified atom stereocenters. The standard InChI is InChI=1S/C21H25N3O6/c1-13(10-20(25)22-16-8-7-15(27-2)12-18(16)29-4)23-24-21(26)14-6-9-17(28-3)19(11-14)30-5/h6-9,11-12H,10H2,1-5H3,(H,22,25)(H,24,26)/b23-13+. The van der Waals surface area contributed by atoms with Crippen molar-refractivity contribution in [1.82, 2.24) is 5.43 Å². The Labute approximate surface area is 175 Å². The molecule has 0 atom stereocenters. The van der Waals surface area contributed by atoms with Gasteiger partial charge in [0.25, 0.3) is 5.91 Å². The van der Waals surface area contributed by atoms with Crippen molar-refractivity contribution in [2.75, 3.05) is 33.8 Å². The molecule has 2 aromatic rings. The first-order chi connectivity index (χ1) is 14.4. The zero-order valence-electron chi connectivity index (χ0n) is 17.6. The first-order valence-electron chi connectivity index (χ1n) is 8.99. The van der Waals surface area contributed by atoms with Gasteiger partial charge in [-0.15, -0.1) is 0 Å². The number of carbonyl (C=O) groups excluding carboxylic acids is 2. The maximum Gasteiger partial charge on any atom is 0.271 e. The van der Waals surface area contributed by atoms with Crippen LogP contribution in [0.4, 0.5) is 5.69 Å². The van der Waals surface area contributed by atoms with Crippen molar-refractivity contribution in [3.05, 3.63) is 42.0 Å². The van der Waals surface area contributed by atoms with Crippen LogP contribution in [0.2, 0.25) is 0 Å². The molecule has 0 saturated heterocycles. The van der Waals surface area contributed by atoms with Gasteiger partial charge in [-0.3, -0.25) is 9.59 Å². The Morgan fingerprint density at radius 2 is 1.57 bits per heavy atom. The van der Waals surface area contributed by atoms with E-state index in [4.69, 9.17) is 18.9 Å². The van der Waals surface area contributed by atoms with Crippen molar-refractivity contribution < 1.29 is 28.5 Å². The summed E-state index contributed by atoms with van der Waals surface area (Å²) in [4.78, 5) is 24.6. The first-order valence-corrected chi connectivity index (χ1v) is 8.99. The molecule has 0 aliphatic carbocycles. The van der Waals surface area contributed by atoms with Gasteiger partial charge >= 0.3 is 0 Å². The summed E-state index contributed by atoms with van der Waals surface area (Å²) in [6.07, 6.45) is -0.0125. The van der Waals surface area contributed by atoms with Crippen molar-refractivity contribution in [1.29, 1.82) is 0 Å². The number of carbonyl (C=O) groups is 2. The van der Waals surface area contributed by atoms with E-state index >= 15 is 0 Å². The average molecular weight is 415 g/mol. The lowest BCUT2D eigenvalue weighted by Crippen LogP contribution is -2.21. The lowest BCUT2D eigenvalue weighted by atomic mass is 10.2. The first kappa shape index (κ1) is 22.5. The van der Waals surface area contributed by atoms with E-state index in [-0.39, 0.29) is 12.3 Å². The minimum Gasteiger partial charge on any atom is -0.497 e. The lowest BCUT2D eigenvalue weighted by Gasteiger charge is -2.11. The van der Waals surface area contributed by atoms with Crippen LogP contribution in [0.1, 0.15) is 23.7 Å². The smallest absolute Gasteiger partial charge is 0.271 e. The molecule has 2 rings (SSSR count). The summed E-state index contributed by atoms with van der Waals surface area (Å²) in [5.41, 5.74) is 3.70. The van der Waals surface area contributed by atoms with Gasteiger partial charge in [0, 0.05) is 17.3 Å². The number of rotatable bonds is 9. The van der Waals surface area contributed by atoms with Crippen LogP contribution < -0.4 is 29.7 Å². The molecule has 0 heterocycles. The van der Waals surface area contributed by atoms with E-state index in [1.54, 1.807) is 50.4 Å². The molecule has 0 spiro atoms. The van der Waals surface area contributed by atoms with Crippen molar-refractivity contribution in [2.45, 2.75) is 13.3 Å². The highest BCUT2D eigenvalue weighted by molar-refractivity contribution is 6.06. The molecule has 9 nitrogen and oxygen atoms in total. The molecule has 2 aromatic carbocycles. The Morgan fingerprint density at radius 1 is 0.867 bits per heavy atom. The topological polar surface area (TPSA) is 107 Å². The lowest BCUT2D eigenvalue weighted by molar-refractivity contribution is -0.115. The molecule has 9 heteroatoms. The third-order valence-electron chi connectivity index (χ3n) is 4.09. The van der Waals surface area contributed by atoms with Gasteiger partial charge in [0.1, 0.15) is 11.5 Å². The van der Waals surface area contributed by atoms with Crippen LogP contribution in [-0.4, -0.2) is 46.0 Å².